The van der Waals surface area contributed by atoms with Gasteiger partial charge in [0.1, 0.15) is 12.1 Å². The number of aromatic nitrogens is 1. The van der Waals surface area contributed by atoms with Crippen molar-refractivity contribution >= 4 is 53.3 Å². The van der Waals surface area contributed by atoms with Crippen LogP contribution in [0, 0.1) is 0 Å². The zero-order valence-electron chi connectivity index (χ0n) is 20.5. The van der Waals surface area contributed by atoms with Crippen molar-refractivity contribution in [2.24, 2.45) is 5.73 Å². The molecule has 3 rings (SSSR count). The molecule has 0 saturated heterocycles. The first-order valence-corrected chi connectivity index (χ1v) is 12.3. The number of aromatic amines is 1. The number of fused-ring (bicyclic) bond motifs is 1. The number of aliphatic carboxylic acids is 2. The number of nitrogens with one attached hydrogen (secondary N) is 3. The third-order valence-corrected chi connectivity index (χ3v) is 6.69. The van der Waals surface area contributed by atoms with E-state index in [9.17, 15) is 29.1 Å². The molecule has 0 aliphatic heterocycles. The third kappa shape index (κ3) is 7.82. The molecule has 206 valence electrons. The molecule has 0 aliphatic rings. The van der Waals surface area contributed by atoms with Crippen LogP contribution >= 0.6 is 12.6 Å². The molecule has 8 N–H and O–H groups in total. The average Bonchev–Trinajstić information content (AvgIpc) is 3.30. The summed E-state index contributed by atoms with van der Waals surface area (Å²) in [5.74, 6) is -5.62. The quantitative estimate of drug-likeness (QED) is 0.140. The molecule has 39 heavy (non-hydrogen) atoms. The lowest BCUT2D eigenvalue weighted by Gasteiger charge is -2.24. The Hall–Kier alpha value is -4.36. The average molecular weight is 557 g/mol. The maximum atomic E-state index is 13.1. The van der Waals surface area contributed by atoms with Crippen molar-refractivity contribution in [1.82, 2.24) is 15.6 Å². The van der Waals surface area contributed by atoms with Gasteiger partial charge in [-0.3, -0.25) is 14.4 Å². The predicted octanol–water partition coefficient (Wildman–Crippen LogP) is 0.806. The first kappa shape index (κ1) is 29.2. The molecule has 2 aromatic carbocycles. The Morgan fingerprint density at radius 1 is 0.872 bits per heavy atom. The highest BCUT2D eigenvalue weighted by Gasteiger charge is 2.31. The van der Waals surface area contributed by atoms with Crippen LogP contribution in [0.5, 0.6) is 0 Å². The second kappa shape index (κ2) is 12.9. The smallest absolute Gasteiger partial charge is 0.335 e. The van der Waals surface area contributed by atoms with Crippen LogP contribution in [0.25, 0.3) is 10.9 Å². The largest absolute Gasteiger partial charge is 0.481 e. The van der Waals surface area contributed by atoms with Gasteiger partial charge >= 0.3 is 17.9 Å². The van der Waals surface area contributed by atoms with Gasteiger partial charge in [0.2, 0.25) is 11.8 Å². The molecular formula is C26H28N4O8S. The number of para-hydroxylation sites is 1. The van der Waals surface area contributed by atoms with E-state index in [2.05, 4.69) is 28.2 Å². The van der Waals surface area contributed by atoms with Gasteiger partial charge in [-0.2, -0.15) is 12.6 Å². The molecule has 1 aromatic heterocycles. The molecule has 0 radical (unpaired) electrons. The van der Waals surface area contributed by atoms with E-state index in [-0.39, 0.29) is 18.4 Å². The second-order valence-electron chi connectivity index (χ2n) is 8.94. The lowest BCUT2D eigenvalue weighted by molar-refractivity contribution is -0.147. The van der Waals surface area contributed by atoms with Crippen LogP contribution < -0.4 is 16.4 Å². The summed E-state index contributed by atoms with van der Waals surface area (Å²) in [6.07, 6.45) is 0.956. The number of hydrogen-bond acceptors (Lipinski definition) is 7. The van der Waals surface area contributed by atoms with Crippen molar-refractivity contribution in [1.29, 1.82) is 0 Å². The number of carbonyl (C=O) groups is 5. The van der Waals surface area contributed by atoms with E-state index in [1.165, 1.54) is 12.1 Å². The maximum Gasteiger partial charge on any atom is 0.335 e. The monoisotopic (exact) mass is 556 g/mol. The van der Waals surface area contributed by atoms with Crippen LogP contribution in [0.3, 0.4) is 0 Å². The van der Waals surface area contributed by atoms with E-state index in [0.717, 1.165) is 10.9 Å². The number of thiol groups is 1. The standard InChI is InChI=1S/C26H28N4O8S/c27-17(9-13-5-7-14(8-6-13)25(35)36)22(39)24(34)29-19(23(33)30-20(26(37)38)11-21(31)32)10-15-12-28-18-4-2-1-3-16(15)18/h1-8,12,17,19-20,22,28,39H,9-11,27H2,(H,29,34)(H,30,33)(H,31,32)(H,35,36)(H,37,38)/t17-,19-,20-,22-/m0/s1. The van der Waals surface area contributed by atoms with Gasteiger partial charge in [0.15, 0.2) is 0 Å². The van der Waals surface area contributed by atoms with Gasteiger partial charge in [-0.05, 0) is 35.7 Å². The number of carboxylic acids is 3. The molecule has 0 bridgehead atoms. The van der Waals surface area contributed by atoms with E-state index in [1.54, 1.807) is 24.4 Å². The fourth-order valence-electron chi connectivity index (χ4n) is 4.00. The van der Waals surface area contributed by atoms with Gasteiger partial charge in [-0.25, -0.2) is 9.59 Å². The molecule has 0 aliphatic carbocycles. The van der Waals surface area contributed by atoms with Gasteiger partial charge in [0, 0.05) is 29.6 Å². The predicted molar refractivity (Wildman–Crippen MR) is 144 cm³/mol. The number of carboxylic acid groups (broad SMARTS) is 3. The summed E-state index contributed by atoms with van der Waals surface area (Å²) in [5.41, 5.74) is 8.40. The third-order valence-electron chi connectivity index (χ3n) is 6.07. The van der Waals surface area contributed by atoms with Gasteiger partial charge in [-0.1, -0.05) is 30.3 Å². The van der Waals surface area contributed by atoms with Gasteiger partial charge in [-0.15, -0.1) is 0 Å². The molecule has 3 aromatic rings. The number of hydrogen-bond donors (Lipinski definition) is 8. The molecule has 2 amide bonds. The Kier molecular flexibility index (Phi) is 9.68. The molecule has 0 fully saturated rings. The zero-order valence-corrected chi connectivity index (χ0v) is 21.4. The molecular weight excluding hydrogens is 528 g/mol. The molecule has 12 nitrogen and oxygen atoms in total. The Morgan fingerprint density at radius 2 is 1.51 bits per heavy atom. The topological polar surface area (TPSA) is 212 Å². The summed E-state index contributed by atoms with van der Waals surface area (Å²) in [6, 6.07) is 9.43. The van der Waals surface area contributed by atoms with Crippen molar-refractivity contribution < 1.29 is 39.3 Å². The van der Waals surface area contributed by atoms with E-state index < -0.39 is 59.5 Å². The van der Waals surface area contributed by atoms with E-state index in [1.807, 2.05) is 18.2 Å². The van der Waals surface area contributed by atoms with Crippen molar-refractivity contribution in [2.45, 2.75) is 42.6 Å². The summed E-state index contributed by atoms with van der Waals surface area (Å²) in [5, 5.41) is 31.9. The lowest BCUT2D eigenvalue weighted by atomic mass is 10.0. The maximum absolute atomic E-state index is 13.1. The summed E-state index contributed by atoms with van der Waals surface area (Å²) >= 11 is 4.33. The van der Waals surface area contributed by atoms with Gasteiger partial charge in [0.25, 0.3) is 0 Å². The molecule has 0 spiro atoms. The van der Waals surface area contributed by atoms with Crippen LogP contribution in [0.15, 0.2) is 54.7 Å². The number of benzene rings is 2. The Morgan fingerprint density at radius 3 is 2.13 bits per heavy atom. The van der Waals surface area contributed by atoms with E-state index in [4.69, 9.17) is 15.9 Å². The Balaban J connectivity index is 1.77. The highest BCUT2D eigenvalue weighted by Crippen LogP contribution is 2.20. The van der Waals surface area contributed by atoms with Crippen LogP contribution in [0.1, 0.15) is 27.9 Å². The van der Waals surface area contributed by atoms with Crippen LogP contribution in [-0.4, -0.2) is 73.4 Å². The number of rotatable bonds is 13. The van der Waals surface area contributed by atoms with Crippen LogP contribution in [-0.2, 0) is 32.0 Å². The van der Waals surface area contributed by atoms with Crippen molar-refractivity contribution in [2.75, 3.05) is 0 Å². The van der Waals surface area contributed by atoms with Crippen molar-refractivity contribution in [3.8, 4) is 0 Å². The molecule has 0 saturated carbocycles. The summed E-state index contributed by atoms with van der Waals surface area (Å²) < 4.78 is 0. The molecule has 0 unspecified atom stereocenters. The van der Waals surface area contributed by atoms with E-state index >= 15 is 0 Å². The first-order chi connectivity index (χ1) is 18.5. The normalized spacial score (nSPS) is 14.1. The Bertz CT molecular complexity index is 1370. The minimum Gasteiger partial charge on any atom is -0.481 e. The summed E-state index contributed by atoms with van der Waals surface area (Å²) in [6.45, 7) is 0. The lowest BCUT2D eigenvalue weighted by Crippen LogP contribution is -2.55. The van der Waals surface area contributed by atoms with Crippen molar-refractivity contribution in [3.63, 3.8) is 0 Å². The van der Waals surface area contributed by atoms with Crippen LogP contribution in [0.4, 0.5) is 0 Å². The second-order valence-corrected chi connectivity index (χ2v) is 9.49. The number of nitrogens with two attached hydrogens (primary N) is 1. The number of aromatic carboxylic acids is 1. The number of H-pyrrole nitrogens is 1. The minimum absolute atomic E-state index is 0.0343. The summed E-state index contributed by atoms with van der Waals surface area (Å²) in [7, 11) is 0. The molecule has 13 heteroatoms. The highest BCUT2D eigenvalue weighted by atomic mass is 32.1. The Labute approximate surface area is 228 Å². The number of amides is 2. The fourth-order valence-corrected chi connectivity index (χ4v) is 4.18. The fraction of sp³-hybridized carbons (Fsp3) is 0.269. The van der Waals surface area contributed by atoms with Crippen LogP contribution in [0.2, 0.25) is 0 Å². The molecule has 1 heterocycles. The zero-order chi connectivity index (χ0) is 28.7. The highest BCUT2D eigenvalue weighted by molar-refractivity contribution is 7.81. The van der Waals surface area contributed by atoms with Gasteiger partial charge in [0.05, 0.1) is 17.2 Å². The first-order valence-electron chi connectivity index (χ1n) is 11.8. The molecule has 4 atom stereocenters. The SMILES string of the molecule is N[C@@H](Cc1ccc(C(=O)O)cc1)[C@H](S)C(=O)N[C@@H](Cc1c[nH]c2ccccc12)C(=O)N[C@@H](CC(=O)O)C(=O)O. The van der Waals surface area contributed by atoms with E-state index in [0.29, 0.717) is 11.1 Å². The minimum atomic E-state index is -1.71. The summed E-state index contributed by atoms with van der Waals surface area (Å²) in [4.78, 5) is 62.9. The van der Waals surface area contributed by atoms with Gasteiger partial charge < -0.3 is 36.7 Å². The number of carbonyl (C=O) groups excluding carboxylic acids is 2. The van der Waals surface area contributed by atoms with Crippen molar-refractivity contribution in [3.05, 3.63) is 71.4 Å².